The number of hydrogen-bond donors (Lipinski definition) is 12. The average Bonchev–Trinajstić information content (AvgIpc) is 0.974. The number of carboxylic acids is 2. The number of primary amides is 1. The molecule has 2 fully saturated rings. The number of aliphatic hydroxyl groups excluding tert-OH is 6. The minimum Gasteiger partial charge on any atom is -0.510 e. The van der Waals surface area contributed by atoms with Crippen molar-refractivity contribution >= 4 is 70.6 Å². The Labute approximate surface area is 535 Å². The van der Waals surface area contributed by atoms with Gasteiger partial charge in [-0.15, -0.1) is 23.4 Å². The second kappa shape index (κ2) is 34.6. The summed E-state index contributed by atoms with van der Waals surface area (Å²) in [4.78, 5) is 107. The highest BCUT2D eigenvalue weighted by Crippen LogP contribution is 2.55. The summed E-state index contributed by atoms with van der Waals surface area (Å²) in [5.74, 6) is -11.4. The zero-order chi connectivity index (χ0) is 67.1. The van der Waals surface area contributed by atoms with Crippen LogP contribution in [-0.2, 0) is 38.5 Å². The van der Waals surface area contributed by atoms with Crippen molar-refractivity contribution in [3.05, 3.63) is 124 Å². The maximum Gasteiger partial charge on any atom is 0.386 e. The van der Waals surface area contributed by atoms with Gasteiger partial charge in [0.15, 0.2) is 11.4 Å². The SMILES string of the molecule is CCC[C@@H]1C[C@@H](C(=O)NC(C(C)Cl)[C@H]2O[C@H](SC)[C@H](O)[C@@H](O)[C@H]2O)N(C)C1.C[C@H]1c2cccc(O)c2C(=O)C2=C(O)[C@]3(O)C(=O)C(C(N)=O)=C(O)[C@@H](N(C)C)[C@@H]3[C@@H](O)[C@@H]21.O.O=C(O)CCCCCCCC(=O)O.O=C(OOC(=O)c1ccccc1)c1ccccc1. The number of carbonyl (C=O) groups excluding carboxylic acids is 6. The fraction of sp³-hybridized carbons (Fsp3) is 0.524. The van der Waals surface area contributed by atoms with Crippen molar-refractivity contribution in [1.29, 1.82) is 0 Å². The van der Waals surface area contributed by atoms with Gasteiger partial charge in [-0.1, -0.05) is 88.1 Å². The molecule has 15 atom stereocenters. The first-order valence-electron chi connectivity index (χ1n) is 29.5. The number of likely N-dealkylation sites (tertiary alicyclic amines) is 1. The van der Waals surface area contributed by atoms with Crippen molar-refractivity contribution < 1.29 is 109 Å². The van der Waals surface area contributed by atoms with Crippen LogP contribution in [0, 0.1) is 17.8 Å². The monoisotopic (exact) mass is 1320 g/mol. The van der Waals surface area contributed by atoms with Crippen LogP contribution < -0.4 is 11.1 Å². The number of aliphatic hydroxyl groups is 7. The molecule has 0 radical (unpaired) electrons. The van der Waals surface area contributed by atoms with Crippen molar-refractivity contribution in [1.82, 2.24) is 15.1 Å². The number of carboxylic acid groups (broad SMARTS) is 2. The number of hydrogen-bond acceptors (Lipinski definition) is 22. The smallest absolute Gasteiger partial charge is 0.386 e. The van der Waals surface area contributed by atoms with E-state index < -0.39 is 141 Å². The number of ether oxygens (including phenoxy) is 1. The molecule has 15 N–H and O–H groups in total. The number of Topliss-reactive ketones (excluding diaryl/α,β-unsaturated/α-hetero) is 2. The third-order valence-electron chi connectivity index (χ3n) is 16.6. The number of halogens is 1. The minimum atomic E-state index is -2.89. The molecule has 3 aromatic carbocycles. The van der Waals surface area contributed by atoms with Gasteiger partial charge in [0, 0.05) is 30.9 Å². The Morgan fingerprint density at radius 1 is 0.813 bits per heavy atom. The Morgan fingerprint density at radius 2 is 1.34 bits per heavy atom. The number of likely N-dealkylation sites (N-methyl/N-ethyl adjacent to an activating group) is 2. The average molecular weight is 1320 g/mol. The van der Waals surface area contributed by atoms with E-state index in [0.717, 1.165) is 45.1 Å². The van der Waals surface area contributed by atoms with Crippen molar-refractivity contribution in [2.75, 3.05) is 33.9 Å². The number of unbranched alkanes of at least 4 members (excludes halogenated alkanes) is 4. The van der Waals surface area contributed by atoms with Crippen molar-refractivity contribution in [2.24, 2.45) is 23.5 Å². The Balaban J connectivity index is 0.000000272. The van der Waals surface area contributed by atoms with E-state index in [1.54, 1.807) is 92.9 Å². The highest BCUT2D eigenvalue weighted by Gasteiger charge is 2.67. The van der Waals surface area contributed by atoms with Gasteiger partial charge in [-0.2, -0.15) is 0 Å². The summed E-state index contributed by atoms with van der Waals surface area (Å²) >= 11 is 7.55. The first kappa shape index (κ1) is 76.4. The van der Waals surface area contributed by atoms with Crippen LogP contribution in [0.4, 0.5) is 0 Å². The Hall–Kier alpha value is -7.02. The number of thioether (sulfide) groups is 1. The number of nitrogens with one attached hydrogen (secondary N) is 1. The van der Waals surface area contributed by atoms with E-state index in [0.29, 0.717) is 35.4 Å². The first-order chi connectivity index (χ1) is 42.5. The zero-order valence-corrected chi connectivity index (χ0v) is 53.2. The standard InChI is InChI=1S/C22H24N2O8.C18H33ClN2O5S.C14H10O4.C9H16O4.H2O/c1-7-8-5-4-6-9(25)11(8)16(26)12-10(7)17(27)14-15(24(2)3)18(28)13(21(23)31)20(30)22(14,32)19(12)29;1-5-6-10-7-11(21(3)8-10)17(25)20-12(9(2)19)16-14(23)13(22)15(24)18(26-16)27-4;15-13(11-7-3-1-4-8-11)17-18-14(16)12-9-5-2-6-10-12;10-8(11)6-4-2-1-3-5-7-9(12)13;/h4-7,10,14-15,17,25,27-29,32H,1-3H3,(H2,23,31);9-16,18,22-24H,5-8H2,1-4H3,(H,20,25);1-10H;1-7H2,(H,10,11)(H,12,13);1H2/t7-,10+,14+,15-,17-,22-;9?,10-,11+,12?,13+,14-,15-,16-,18-;;;/m01.../s1. The van der Waals surface area contributed by atoms with E-state index in [-0.39, 0.29) is 41.6 Å². The first-order valence-corrected chi connectivity index (χ1v) is 31.2. The van der Waals surface area contributed by atoms with Gasteiger partial charge in [0.05, 0.1) is 52.2 Å². The molecule has 502 valence electrons. The molecule has 2 unspecified atom stereocenters. The van der Waals surface area contributed by atoms with Crippen LogP contribution in [-0.4, -0.2) is 213 Å². The van der Waals surface area contributed by atoms with Gasteiger partial charge in [0.1, 0.15) is 52.7 Å². The van der Waals surface area contributed by atoms with Gasteiger partial charge in [0.25, 0.3) is 5.91 Å². The maximum absolute atomic E-state index is 13.3. The maximum atomic E-state index is 13.3. The van der Waals surface area contributed by atoms with E-state index in [1.807, 2.05) is 11.9 Å². The lowest BCUT2D eigenvalue weighted by Gasteiger charge is -2.53. The summed E-state index contributed by atoms with van der Waals surface area (Å²) in [7, 11) is 4.91. The van der Waals surface area contributed by atoms with Crippen LogP contribution >= 0.6 is 23.4 Å². The number of carbonyl (C=O) groups is 8. The number of fused-ring (bicyclic) bond motifs is 3. The number of ketones is 2. The predicted octanol–water partition coefficient (Wildman–Crippen LogP) is 3.72. The predicted molar refractivity (Wildman–Crippen MR) is 332 cm³/mol. The molecule has 0 saturated carbocycles. The normalized spacial score (nSPS) is 27.2. The molecule has 91 heavy (non-hydrogen) atoms. The number of aliphatic carboxylic acids is 2. The number of phenols is 1. The van der Waals surface area contributed by atoms with Gasteiger partial charge in [-0.05, 0) is 108 Å². The Kier molecular flexibility index (Phi) is 29.1. The minimum absolute atomic E-state index is 0. The van der Waals surface area contributed by atoms with E-state index in [4.69, 9.17) is 32.3 Å². The molecule has 2 amide bonds. The Morgan fingerprint density at radius 3 is 1.81 bits per heavy atom. The molecule has 2 aliphatic heterocycles. The van der Waals surface area contributed by atoms with Crippen LogP contribution in [0.25, 0.3) is 0 Å². The van der Waals surface area contributed by atoms with Gasteiger partial charge in [-0.3, -0.25) is 38.6 Å². The molecule has 8 rings (SSSR count). The van der Waals surface area contributed by atoms with E-state index in [9.17, 15) is 79.2 Å². The number of nitrogens with two attached hydrogens (primary N) is 1. The summed E-state index contributed by atoms with van der Waals surface area (Å²) in [5, 5.41) is 105. The van der Waals surface area contributed by atoms with Crippen molar-refractivity contribution in [2.45, 2.75) is 156 Å². The van der Waals surface area contributed by atoms with Crippen LogP contribution in [0.2, 0.25) is 0 Å². The largest absolute Gasteiger partial charge is 0.510 e. The van der Waals surface area contributed by atoms with Gasteiger partial charge < -0.3 is 72.3 Å². The fourth-order valence-electron chi connectivity index (χ4n) is 12.1. The summed E-state index contributed by atoms with van der Waals surface area (Å²) < 4.78 is 5.79. The summed E-state index contributed by atoms with van der Waals surface area (Å²) in [5.41, 5.74) is 1.30. The summed E-state index contributed by atoms with van der Waals surface area (Å²) in [6.45, 7) is 6.42. The molecule has 0 spiro atoms. The summed E-state index contributed by atoms with van der Waals surface area (Å²) in [6.07, 6.45) is 2.84. The lowest BCUT2D eigenvalue weighted by Crippen LogP contribution is -2.68. The van der Waals surface area contributed by atoms with E-state index in [2.05, 4.69) is 22.0 Å². The number of nitrogens with zero attached hydrogens (tertiary/aromatic N) is 2. The fourth-order valence-corrected chi connectivity index (χ4v) is 13.0. The lowest BCUT2D eigenvalue weighted by atomic mass is 9.55. The number of aromatic hydroxyl groups is 1. The van der Waals surface area contributed by atoms with Gasteiger partial charge >= 0.3 is 23.9 Å². The molecule has 2 heterocycles. The molecule has 26 nitrogen and oxygen atoms in total. The number of alkyl halides is 1. The zero-order valence-electron chi connectivity index (χ0n) is 51.6. The third kappa shape index (κ3) is 18.2. The number of phenolic OH excluding ortho intramolecular Hbond substituents is 1. The molecule has 0 bridgehead atoms. The number of amides is 2. The van der Waals surface area contributed by atoms with Crippen LogP contribution in [0.1, 0.15) is 128 Å². The summed E-state index contributed by atoms with van der Waals surface area (Å²) in [6, 6.07) is 18.8. The Bertz CT molecular complexity index is 3010. The van der Waals surface area contributed by atoms with Gasteiger partial charge in [0.2, 0.25) is 11.7 Å². The second-order valence-corrected chi connectivity index (χ2v) is 24.7. The molecule has 0 aromatic heterocycles. The van der Waals surface area contributed by atoms with E-state index >= 15 is 0 Å². The highest BCUT2D eigenvalue weighted by molar-refractivity contribution is 7.99. The lowest BCUT2D eigenvalue weighted by molar-refractivity contribution is -0.205. The molecule has 2 saturated heterocycles. The topological polar surface area (TPSA) is 443 Å². The van der Waals surface area contributed by atoms with Crippen LogP contribution in [0.3, 0.4) is 0 Å². The highest BCUT2D eigenvalue weighted by atomic mass is 35.5. The molecule has 5 aliphatic rings. The number of rotatable bonds is 19. The quantitative estimate of drug-likeness (QED) is 0.0267. The third-order valence-corrected chi connectivity index (χ3v) is 17.7. The molecular weight excluding hydrogens is 1230 g/mol. The molecule has 28 heteroatoms. The van der Waals surface area contributed by atoms with Crippen molar-refractivity contribution in [3.8, 4) is 5.75 Å². The number of benzene rings is 3. The van der Waals surface area contributed by atoms with E-state index in [1.165, 1.54) is 36.8 Å². The van der Waals surface area contributed by atoms with Crippen LogP contribution in [0.15, 0.2) is 102 Å². The molecular formula is C63H85ClN4O22S. The van der Waals surface area contributed by atoms with Gasteiger partial charge in [-0.25, -0.2) is 19.4 Å². The molecule has 3 aliphatic carbocycles. The second-order valence-electron chi connectivity index (χ2n) is 23.1. The van der Waals surface area contributed by atoms with Crippen molar-refractivity contribution in [3.63, 3.8) is 0 Å². The molecule has 3 aromatic rings. The van der Waals surface area contributed by atoms with Crippen LogP contribution in [0.5, 0.6) is 5.75 Å².